The van der Waals surface area contributed by atoms with Gasteiger partial charge in [-0.3, -0.25) is 0 Å². The zero-order valence-corrected chi connectivity index (χ0v) is 9.83. The largest absolute Gasteiger partial charge is 0.459 e. The van der Waals surface area contributed by atoms with Crippen molar-refractivity contribution in [1.82, 2.24) is 5.32 Å². The van der Waals surface area contributed by atoms with Gasteiger partial charge in [-0.1, -0.05) is 6.58 Å². The summed E-state index contributed by atoms with van der Waals surface area (Å²) in [6.45, 7) is 6.77. The molecule has 0 saturated carbocycles. The maximum absolute atomic E-state index is 11.1. The summed E-state index contributed by atoms with van der Waals surface area (Å²) in [5.41, 5.74) is 1.01. The molecular formula is C11H17NO4. The van der Waals surface area contributed by atoms with Crippen molar-refractivity contribution in [3.05, 3.63) is 23.9 Å². The molecule has 0 fully saturated rings. The number of nitrogens with one attached hydrogen (secondary N) is 1. The van der Waals surface area contributed by atoms with Crippen molar-refractivity contribution in [3.8, 4) is 0 Å². The van der Waals surface area contributed by atoms with Crippen molar-refractivity contribution >= 4 is 11.9 Å². The minimum absolute atomic E-state index is 0.0316. The molecule has 0 amide bonds. The third-order valence-corrected chi connectivity index (χ3v) is 1.64. The smallest absolute Gasteiger partial charge is 0.333 e. The lowest BCUT2D eigenvalue weighted by molar-refractivity contribution is -0.146. The minimum atomic E-state index is -0.488. The van der Waals surface area contributed by atoms with Crippen molar-refractivity contribution in [2.75, 3.05) is 20.3 Å². The number of rotatable bonds is 6. The van der Waals surface area contributed by atoms with Crippen LogP contribution in [0.2, 0.25) is 0 Å². The normalized spacial score (nSPS) is 10.6. The van der Waals surface area contributed by atoms with E-state index in [9.17, 15) is 9.59 Å². The van der Waals surface area contributed by atoms with Gasteiger partial charge in [0, 0.05) is 24.4 Å². The summed E-state index contributed by atoms with van der Waals surface area (Å²) in [6, 6.07) is 0. The first-order valence-corrected chi connectivity index (χ1v) is 4.82. The maximum Gasteiger partial charge on any atom is 0.333 e. The molecule has 5 nitrogen and oxygen atoms in total. The summed E-state index contributed by atoms with van der Waals surface area (Å²) in [5.74, 6) is -0.962. The van der Waals surface area contributed by atoms with Gasteiger partial charge < -0.3 is 14.8 Å². The fourth-order valence-corrected chi connectivity index (χ4v) is 0.690. The van der Waals surface area contributed by atoms with Crippen LogP contribution in [0.15, 0.2) is 23.9 Å². The Bertz CT molecular complexity index is 307. The molecule has 0 aliphatic carbocycles. The van der Waals surface area contributed by atoms with Crippen LogP contribution in [0.1, 0.15) is 13.8 Å². The SMILES string of the molecule is C=C(C)C(=O)OCCOC(=O)/C=C(/C)NC. The zero-order valence-electron chi connectivity index (χ0n) is 9.83. The number of allylic oxidation sites excluding steroid dienone is 1. The number of hydrogen-bond donors (Lipinski definition) is 1. The summed E-state index contributed by atoms with van der Waals surface area (Å²) in [6.07, 6.45) is 1.32. The van der Waals surface area contributed by atoms with Crippen molar-refractivity contribution in [2.45, 2.75) is 13.8 Å². The number of ether oxygens (including phenoxy) is 2. The third-order valence-electron chi connectivity index (χ3n) is 1.64. The monoisotopic (exact) mass is 227 g/mol. The predicted octanol–water partition coefficient (Wildman–Crippen LogP) is 0.772. The Labute approximate surface area is 95.1 Å². The summed E-state index contributed by atoms with van der Waals surface area (Å²) in [4.78, 5) is 22.0. The van der Waals surface area contributed by atoms with Gasteiger partial charge in [-0.25, -0.2) is 9.59 Å². The summed E-state index contributed by atoms with van der Waals surface area (Å²) < 4.78 is 9.52. The van der Waals surface area contributed by atoms with Gasteiger partial charge >= 0.3 is 11.9 Å². The topological polar surface area (TPSA) is 64.6 Å². The molecule has 0 aliphatic heterocycles. The first-order chi connectivity index (χ1) is 7.47. The third kappa shape index (κ3) is 6.64. The lowest BCUT2D eigenvalue weighted by Crippen LogP contribution is -2.14. The Hall–Kier alpha value is -1.78. The molecule has 0 aliphatic rings. The zero-order chi connectivity index (χ0) is 12.6. The van der Waals surface area contributed by atoms with Crippen molar-refractivity contribution in [3.63, 3.8) is 0 Å². The highest BCUT2D eigenvalue weighted by Crippen LogP contribution is 1.93. The van der Waals surface area contributed by atoms with Crippen molar-refractivity contribution in [1.29, 1.82) is 0 Å². The molecule has 90 valence electrons. The Morgan fingerprint density at radius 2 is 1.81 bits per heavy atom. The predicted molar refractivity (Wildman–Crippen MR) is 59.5 cm³/mol. The molecule has 1 N–H and O–H groups in total. The van der Waals surface area contributed by atoms with E-state index in [1.807, 2.05) is 0 Å². The van der Waals surface area contributed by atoms with E-state index in [1.54, 1.807) is 20.9 Å². The Morgan fingerprint density at radius 1 is 1.25 bits per heavy atom. The molecule has 0 rings (SSSR count). The summed E-state index contributed by atoms with van der Waals surface area (Å²) in [5, 5.41) is 2.78. The van der Waals surface area contributed by atoms with Crippen molar-refractivity contribution in [2.24, 2.45) is 0 Å². The van der Waals surface area contributed by atoms with E-state index in [0.29, 0.717) is 11.3 Å². The maximum atomic E-state index is 11.1. The van der Waals surface area contributed by atoms with E-state index in [4.69, 9.17) is 9.47 Å². The molecule has 0 heterocycles. The number of carbonyl (C=O) groups excluding carboxylic acids is 2. The molecule has 0 atom stereocenters. The molecule has 0 saturated heterocycles. The number of hydrogen-bond acceptors (Lipinski definition) is 5. The van der Waals surface area contributed by atoms with Gasteiger partial charge in [0.05, 0.1) is 0 Å². The molecule has 0 unspecified atom stereocenters. The van der Waals surface area contributed by atoms with Gasteiger partial charge in [-0.2, -0.15) is 0 Å². The van der Waals surface area contributed by atoms with E-state index >= 15 is 0 Å². The van der Waals surface area contributed by atoms with Crippen LogP contribution in [0.4, 0.5) is 0 Å². The van der Waals surface area contributed by atoms with Gasteiger partial charge in [-0.15, -0.1) is 0 Å². The summed E-state index contributed by atoms with van der Waals surface area (Å²) >= 11 is 0. The molecule has 0 bridgehead atoms. The Morgan fingerprint density at radius 3 is 2.31 bits per heavy atom. The molecule has 0 aromatic heterocycles. The van der Waals surface area contributed by atoms with E-state index in [1.165, 1.54) is 6.08 Å². The van der Waals surface area contributed by atoms with E-state index in [2.05, 4.69) is 11.9 Å². The van der Waals surface area contributed by atoms with E-state index in [0.717, 1.165) is 0 Å². The molecule has 0 aromatic carbocycles. The fourth-order valence-electron chi connectivity index (χ4n) is 0.690. The lowest BCUT2D eigenvalue weighted by Gasteiger charge is -2.05. The van der Waals surface area contributed by atoms with Gasteiger partial charge in [0.15, 0.2) is 0 Å². The van der Waals surface area contributed by atoms with Crippen LogP contribution in [-0.4, -0.2) is 32.2 Å². The molecule has 16 heavy (non-hydrogen) atoms. The average Bonchev–Trinajstić information content (AvgIpc) is 2.23. The number of esters is 2. The van der Waals surface area contributed by atoms with E-state index < -0.39 is 11.9 Å². The quantitative estimate of drug-likeness (QED) is 0.412. The van der Waals surface area contributed by atoms with Crippen LogP contribution < -0.4 is 5.32 Å². The standard InChI is InChI=1S/C11H17NO4/c1-8(2)11(14)16-6-5-15-10(13)7-9(3)12-4/h7,12H,1,5-6H2,2-4H3/b9-7-. The van der Waals surface area contributed by atoms with Gasteiger partial charge in [-0.05, 0) is 13.8 Å². The van der Waals surface area contributed by atoms with E-state index in [-0.39, 0.29) is 13.2 Å². The fraction of sp³-hybridized carbons (Fsp3) is 0.455. The van der Waals surface area contributed by atoms with Crippen molar-refractivity contribution < 1.29 is 19.1 Å². The van der Waals surface area contributed by atoms with Gasteiger partial charge in [0.2, 0.25) is 0 Å². The highest BCUT2D eigenvalue weighted by atomic mass is 16.6. The van der Waals surface area contributed by atoms with Gasteiger partial charge in [0.25, 0.3) is 0 Å². The van der Waals surface area contributed by atoms with Crippen LogP contribution in [-0.2, 0) is 19.1 Å². The molecule has 0 radical (unpaired) electrons. The van der Waals surface area contributed by atoms with Crippen LogP contribution in [0.3, 0.4) is 0 Å². The second kappa shape index (κ2) is 7.50. The highest BCUT2D eigenvalue weighted by Gasteiger charge is 2.03. The van der Waals surface area contributed by atoms with Gasteiger partial charge in [0.1, 0.15) is 13.2 Å². The molecular weight excluding hydrogens is 210 g/mol. The number of carbonyl (C=O) groups is 2. The van der Waals surface area contributed by atoms with Crippen LogP contribution >= 0.6 is 0 Å². The Kier molecular flexibility index (Phi) is 6.67. The molecule has 0 aromatic rings. The summed E-state index contributed by atoms with van der Waals surface area (Å²) in [7, 11) is 1.70. The lowest BCUT2D eigenvalue weighted by atomic mass is 10.4. The first kappa shape index (κ1) is 14.2. The van der Waals surface area contributed by atoms with Crippen LogP contribution in [0, 0.1) is 0 Å². The molecule has 0 spiro atoms. The average molecular weight is 227 g/mol. The Balaban J connectivity index is 3.72. The second-order valence-electron chi connectivity index (χ2n) is 3.16. The second-order valence-corrected chi connectivity index (χ2v) is 3.16. The minimum Gasteiger partial charge on any atom is -0.459 e. The first-order valence-electron chi connectivity index (χ1n) is 4.82. The highest BCUT2D eigenvalue weighted by molar-refractivity contribution is 5.87. The molecule has 5 heteroatoms. The van der Waals surface area contributed by atoms with Crippen LogP contribution in [0.5, 0.6) is 0 Å². The van der Waals surface area contributed by atoms with Crippen LogP contribution in [0.25, 0.3) is 0 Å².